The number of thiazole rings is 1. The minimum absolute atomic E-state index is 0.205. The van der Waals surface area contributed by atoms with E-state index < -0.39 is 0 Å². The van der Waals surface area contributed by atoms with Gasteiger partial charge in [-0.25, -0.2) is 14.4 Å². The van der Waals surface area contributed by atoms with Gasteiger partial charge in [0, 0.05) is 42.0 Å². The number of aromatic nitrogens is 5. The number of nitrogens with zero attached hydrogens (tertiary/aromatic N) is 5. The molecule has 0 spiro atoms. The van der Waals surface area contributed by atoms with E-state index in [1.807, 2.05) is 10.7 Å². The van der Waals surface area contributed by atoms with E-state index in [2.05, 4.69) is 20.0 Å². The summed E-state index contributed by atoms with van der Waals surface area (Å²) in [5.41, 5.74) is 0.634. The van der Waals surface area contributed by atoms with Crippen LogP contribution in [-0.4, -0.2) is 37.8 Å². The van der Waals surface area contributed by atoms with Crippen LogP contribution in [-0.2, 0) is 6.54 Å². The summed E-state index contributed by atoms with van der Waals surface area (Å²) in [7, 11) is 0. The molecule has 0 aliphatic carbocycles. The Balaban J connectivity index is 1.34. The molecule has 0 radical (unpaired) electrons. The van der Waals surface area contributed by atoms with Crippen LogP contribution in [0.2, 0.25) is 0 Å². The van der Waals surface area contributed by atoms with E-state index in [0.717, 1.165) is 65.0 Å². The first-order valence-corrected chi connectivity index (χ1v) is 11.6. The Hall–Kier alpha value is -3.33. The van der Waals surface area contributed by atoms with Gasteiger partial charge in [0.1, 0.15) is 18.5 Å². The van der Waals surface area contributed by atoms with Crippen molar-refractivity contribution >= 4 is 48.2 Å². The predicted molar refractivity (Wildman–Crippen MR) is 125 cm³/mol. The lowest BCUT2D eigenvalue weighted by molar-refractivity contribution is 0.354. The molecule has 1 fully saturated rings. The molecule has 32 heavy (non-hydrogen) atoms. The summed E-state index contributed by atoms with van der Waals surface area (Å²) in [6, 6.07) is 6.50. The van der Waals surface area contributed by atoms with Gasteiger partial charge >= 0.3 is 0 Å². The zero-order valence-electron chi connectivity index (χ0n) is 17.3. The van der Waals surface area contributed by atoms with Crippen LogP contribution in [0.3, 0.4) is 0 Å². The normalized spacial score (nSPS) is 15.3. The van der Waals surface area contributed by atoms with Gasteiger partial charge in [0.2, 0.25) is 0 Å². The van der Waals surface area contributed by atoms with Crippen LogP contribution in [0, 0.1) is 11.7 Å². The SMILES string of the molecule is O=c1[nH]ccc2c3sc(N4CCC(CCn5cncn5)CC4)nc3c3ccc(F)cc3c12. The summed E-state index contributed by atoms with van der Waals surface area (Å²) in [6.45, 7) is 2.80. The molecule has 162 valence electrons. The Morgan fingerprint density at radius 3 is 2.84 bits per heavy atom. The first-order chi connectivity index (χ1) is 15.7. The highest BCUT2D eigenvalue weighted by molar-refractivity contribution is 7.23. The average Bonchev–Trinajstić information content (AvgIpc) is 3.48. The van der Waals surface area contributed by atoms with E-state index in [1.54, 1.807) is 36.3 Å². The van der Waals surface area contributed by atoms with Gasteiger partial charge in [-0.15, -0.1) is 0 Å². The lowest BCUT2D eigenvalue weighted by Gasteiger charge is -2.31. The third-order valence-corrected chi connectivity index (χ3v) is 7.59. The van der Waals surface area contributed by atoms with E-state index in [0.29, 0.717) is 16.7 Å². The summed E-state index contributed by atoms with van der Waals surface area (Å²) in [5, 5.41) is 7.93. The van der Waals surface area contributed by atoms with Crippen molar-refractivity contribution in [3.8, 4) is 0 Å². The number of H-pyrrole nitrogens is 1. The van der Waals surface area contributed by atoms with Gasteiger partial charge in [-0.3, -0.25) is 9.48 Å². The number of piperidine rings is 1. The number of nitrogens with one attached hydrogen (secondary N) is 1. The Morgan fingerprint density at radius 2 is 2.03 bits per heavy atom. The maximum Gasteiger partial charge on any atom is 0.256 e. The molecule has 1 saturated heterocycles. The van der Waals surface area contributed by atoms with Gasteiger partial charge in [0.25, 0.3) is 5.56 Å². The Morgan fingerprint density at radius 1 is 1.16 bits per heavy atom. The summed E-state index contributed by atoms with van der Waals surface area (Å²) in [4.78, 5) is 26.7. The fourth-order valence-electron chi connectivity index (χ4n) is 4.75. The van der Waals surface area contributed by atoms with Crippen molar-refractivity contribution < 1.29 is 4.39 Å². The lowest BCUT2D eigenvalue weighted by Crippen LogP contribution is -2.33. The van der Waals surface area contributed by atoms with Crippen LogP contribution in [0.15, 0.2) is 47.9 Å². The van der Waals surface area contributed by atoms with Crippen LogP contribution in [0.5, 0.6) is 0 Å². The van der Waals surface area contributed by atoms with Gasteiger partial charge in [-0.1, -0.05) is 11.3 Å². The molecule has 9 heteroatoms. The lowest BCUT2D eigenvalue weighted by atomic mass is 9.94. The third-order valence-electron chi connectivity index (χ3n) is 6.45. The summed E-state index contributed by atoms with van der Waals surface area (Å²) in [5.74, 6) is 0.304. The van der Waals surface area contributed by atoms with Crippen LogP contribution in [0.4, 0.5) is 9.52 Å². The third kappa shape index (κ3) is 3.24. The molecule has 2 aromatic carbocycles. The smallest absolute Gasteiger partial charge is 0.256 e. The summed E-state index contributed by atoms with van der Waals surface area (Å²) in [6.07, 6.45) is 8.30. The number of rotatable bonds is 4. The molecule has 1 N–H and O–H groups in total. The van der Waals surface area contributed by atoms with Crippen molar-refractivity contribution in [2.75, 3.05) is 18.0 Å². The zero-order valence-corrected chi connectivity index (χ0v) is 18.1. The molecule has 3 aromatic heterocycles. The van der Waals surface area contributed by atoms with E-state index in [4.69, 9.17) is 4.98 Å². The van der Waals surface area contributed by atoms with E-state index in [9.17, 15) is 9.18 Å². The maximum absolute atomic E-state index is 14.0. The largest absolute Gasteiger partial charge is 0.348 e. The van der Waals surface area contributed by atoms with Crippen LogP contribution in [0.1, 0.15) is 19.3 Å². The first kappa shape index (κ1) is 19.4. The second kappa shape index (κ2) is 7.67. The molecule has 0 saturated carbocycles. The summed E-state index contributed by atoms with van der Waals surface area (Å²) >= 11 is 1.62. The number of hydrogen-bond acceptors (Lipinski definition) is 6. The Bertz CT molecular complexity index is 1480. The van der Waals surface area contributed by atoms with Gasteiger partial charge in [0.15, 0.2) is 5.13 Å². The Labute approximate surface area is 186 Å². The molecule has 1 aliphatic heterocycles. The highest BCUT2D eigenvalue weighted by atomic mass is 32.1. The van der Waals surface area contributed by atoms with Gasteiger partial charge < -0.3 is 9.88 Å². The fraction of sp³-hybridized carbons (Fsp3) is 0.304. The molecule has 0 amide bonds. The van der Waals surface area contributed by atoms with Crippen LogP contribution < -0.4 is 10.5 Å². The molecular weight excluding hydrogens is 427 g/mol. The highest BCUT2D eigenvalue weighted by Gasteiger charge is 2.23. The Kier molecular flexibility index (Phi) is 4.64. The number of halogens is 1. The van der Waals surface area contributed by atoms with Crippen molar-refractivity contribution in [2.24, 2.45) is 5.92 Å². The second-order valence-electron chi connectivity index (χ2n) is 8.34. The first-order valence-electron chi connectivity index (χ1n) is 10.8. The number of pyridine rings is 1. The van der Waals surface area contributed by atoms with Gasteiger partial charge in [-0.2, -0.15) is 5.10 Å². The van der Waals surface area contributed by atoms with Crippen LogP contribution in [0.25, 0.3) is 31.8 Å². The van der Waals surface area contributed by atoms with Crippen molar-refractivity contribution in [3.63, 3.8) is 0 Å². The predicted octanol–water partition coefficient (Wildman–Crippen LogP) is 4.33. The molecule has 1 aliphatic rings. The zero-order chi connectivity index (χ0) is 21.7. The van der Waals surface area contributed by atoms with E-state index in [1.165, 1.54) is 12.1 Å². The second-order valence-corrected chi connectivity index (χ2v) is 9.31. The summed E-state index contributed by atoms with van der Waals surface area (Å²) < 4.78 is 16.9. The minimum atomic E-state index is -0.357. The van der Waals surface area contributed by atoms with E-state index in [-0.39, 0.29) is 11.4 Å². The standard InChI is InChI=1S/C23H21FN6OS/c24-15-1-2-16-18(11-15)19-17(3-7-26-22(19)31)21-20(16)28-23(32-21)29-8-4-14(5-9-29)6-10-30-13-25-12-27-30/h1-3,7,11-14H,4-6,8-10H2,(H,26,31). The number of benzene rings is 2. The molecular formula is C23H21FN6OS. The number of anilines is 1. The minimum Gasteiger partial charge on any atom is -0.348 e. The molecule has 4 heterocycles. The van der Waals surface area contributed by atoms with Crippen molar-refractivity contribution in [2.45, 2.75) is 25.8 Å². The number of hydrogen-bond donors (Lipinski definition) is 1. The van der Waals surface area contributed by atoms with Crippen molar-refractivity contribution in [1.29, 1.82) is 0 Å². The molecule has 0 bridgehead atoms. The van der Waals surface area contributed by atoms with Crippen LogP contribution >= 0.6 is 11.3 Å². The molecule has 6 rings (SSSR count). The number of aromatic amines is 1. The number of fused-ring (bicyclic) bond motifs is 6. The van der Waals surface area contributed by atoms with Crippen molar-refractivity contribution in [1.82, 2.24) is 24.7 Å². The molecule has 0 unspecified atom stereocenters. The molecule has 0 atom stereocenters. The quantitative estimate of drug-likeness (QED) is 0.414. The topological polar surface area (TPSA) is 79.7 Å². The average molecular weight is 449 g/mol. The maximum atomic E-state index is 14.0. The van der Waals surface area contributed by atoms with E-state index >= 15 is 0 Å². The van der Waals surface area contributed by atoms with Gasteiger partial charge in [-0.05, 0) is 49.4 Å². The van der Waals surface area contributed by atoms with Crippen molar-refractivity contribution in [3.05, 3.63) is 59.3 Å². The fourth-order valence-corrected chi connectivity index (χ4v) is 5.91. The highest BCUT2D eigenvalue weighted by Crippen LogP contribution is 2.40. The number of aryl methyl sites for hydroxylation is 1. The molecule has 5 aromatic rings. The van der Waals surface area contributed by atoms with Gasteiger partial charge in [0.05, 0.1) is 15.6 Å². The monoisotopic (exact) mass is 448 g/mol. The molecule has 7 nitrogen and oxygen atoms in total.